The number of carbonyl (C=O) groups excluding carboxylic acids is 1. The van der Waals surface area contributed by atoms with E-state index in [1.54, 1.807) is 0 Å². The lowest BCUT2D eigenvalue weighted by molar-refractivity contribution is -0.123. The van der Waals surface area contributed by atoms with Gasteiger partial charge in [0.15, 0.2) is 0 Å². The number of Topliss-reactive ketones (excluding diaryl/α,β-unsaturated/α-hetero) is 1. The molecule has 2 aliphatic heterocycles. The quantitative estimate of drug-likeness (QED) is 0.557. The maximum Gasteiger partial charge on any atom is 0.133 e. The van der Waals surface area contributed by atoms with Gasteiger partial charge in [0.05, 0.1) is 24.4 Å². The number of hydrogen-bond acceptors (Lipinski definition) is 3. The van der Waals surface area contributed by atoms with Crippen molar-refractivity contribution >= 4 is 5.78 Å². The minimum absolute atomic E-state index is 0.0122. The van der Waals surface area contributed by atoms with Crippen molar-refractivity contribution in [3.63, 3.8) is 0 Å². The first-order chi connectivity index (χ1) is 8.11. The van der Waals surface area contributed by atoms with Crippen molar-refractivity contribution in [2.24, 2.45) is 5.92 Å². The molecule has 1 aliphatic carbocycles. The Morgan fingerprint density at radius 3 is 2.94 bits per heavy atom. The number of carbonyl (C=O) groups is 1. The van der Waals surface area contributed by atoms with Crippen molar-refractivity contribution in [2.45, 2.75) is 57.3 Å². The van der Waals surface area contributed by atoms with Gasteiger partial charge in [0.1, 0.15) is 5.78 Å². The van der Waals surface area contributed by atoms with Gasteiger partial charge in [-0.05, 0) is 26.7 Å². The molecule has 0 aromatic heterocycles. The van der Waals surface area contributed by atoms with E-state index in [4.69, 9.17) is 9.47 Å². The standard InChI is InChI=1S/C14H20O3/c1-9(2)3-4-12-13(17-12)11-7-10(15)5-6-14(11)8-16-14/h3,11-13H,4-8H2,1-2H3. The number of rotatable bonds is 3. The van der Waals surface area contributed by atoms with E-state index in [9.17, 15) is 4.79 Å². The van der Waals surface area contributed by atoms with E-state index in [-0.39, 0.29) is 11.7 Å². The molecule has 1 saturated carbocycles. The maximum atomic E-state index is 11.6. The van der Waals surface area contributed by atoms with Gasteiger partial charge in [-0.3, -0.25) is 4.79 Å². The lowest BCUT2D eigenvalue weighted by atomic mass is 9.76. The average Bonchev–Trinajstić information content (AvgIpc) is 3.17. The van der Waals surface area contributed by atoms with Gasteiger partial charge in [-0.2, -0.15) is 0 Å². The largest absolute Gasteiger partial charge is 0.369 e. The van der Waals surface area contributed by atoms with E-state index < -0.39 is 0 Å². The third kappa shape index (κ3) is 2.18. The van der Waals surface area contributed by atoms with E-state index in [2.05, 4.69) is 19.9 Å². The van der Waals surface area contributed by atoms with Crippen LogP contribution in [0, 0.1) is 5.92 Å². The Balaban J connectivity index is 1.61. The molecule has 0 aromatic rings. The molecule has 94 valence electrons. The topological polar surface area (TPSA) is 42.1 Å². The summed E-state index contributed by atoms with van der Waals surface area (Å²) in [4.78, 5) is 11.6. The summed E-state index contributed by atoms with van der Waals surface area (Å²) < 4.78 is 11.4. The highest BCUT2D eigenvalue weighted by molar-refractivity contribution is 5.80. The molecular formula is C14H20O3. The Labute approximate surface area is 102 Å². The molecule has 3 fully saturated rings. The summed E-state index contributed by atoms with van der Waals surface area (Å²) in [7, 11) is 0. The Kier molecular flexibility index (Phi) is 2.64. The molecule has 3 heteroatoms. The van der Waals surface area contributed by atoms with Crippen LogP contribution in [0.25, 0.3) is 0 Å². The SMILES string of the molecule is CC(C)=CCC1OC1C1CC(=O)CCC12CO2. The molecule has 0 radical (unpaired) electrons. The smallest absolute Gasteiger partial charge is 0.133 e. The summed E-state index contributed by atoms with van der Waals surface area (Å²) >= 11 is 0. The van der Waals surface area contributed by atoms with Gasteiger partial charge in [0.25, 0.3) is 0 Å². The summed E-state index contributed by atoms with van der Waals surface area (Å²) in [5.41, 5.74) is 1.34. The molecule has 3 rings (SSSR count). The van der Waals surface area contributed by atoms with Gasteiger partial charge < -0.3 is 9.47 Å². The number of allylic oxidation sites excluding steroid dienone is 1. The molecule has 0 bridgehead atoms. The minimum atomic E-state index is 0.0122. The monoisotopic (exact) mass is 236 g/mol. The molecule has 0 aromatic carbocycles. The van der Waals surface area contributed by atoms with Crippen LogP contribution in [-0.2, 0) is 14.3 Å². The zero-order valence-corrected chi connectivity index (χ0v) is 10.6. The fourth-order valence-electron chi connectivity index (χ4n) is 2.99. The summed E-state index contributed by atoms with van der Waals surface area (Å²) in [5.74, 6) is 0.701. The van der Waals surface area contributed by atoms with Gasteiger partial charge in [0.2, 0.25) is 0 Å². The lowest BCUT2D eigenvalue weighted by Crippen LogP contribution is -2.36. The average molecular weight is 236 g/mol. The van der Waals surface area contributed by atoms with Crippen molar-refractivity contribution in [3.8, 4) is 0 Å². The summed E-state index contributed by atoms with van der Waals surface area (Å²) in [6.45, 7) is 5.04. The van der Waals surface area contributed by atoms with Crippen LogP contribution in [0.4, 0.5) is 0 Å². The Hall–Kier alpha value is -0.670. The van der Waals surface area contributed by atoms with Crippen molar-refractivity contribution < 1.29 is 14.3 Å². The first-order valence-corrected chi connectivity index (χ1v) is 6.55. The predicted molar refractivity (Wildman–Crippen MR) is 63.7 cm³/mol. The fourth-order valence-corrected chi connectivity index (χ4v) is 2.99. The van der Waals surface area contributed by atoms with Crippen LogP contribution in [0.1, 0.15) is 39.5 Å². The molecule has 0 amide bonds. The first-order valence-electron chi connectivity index (χ1n) is 6.55. The van der Waals surface area contributed by atoms with Crippen LogP contribution >= 0.6 is 0 Å². The van der Waals surface area contributed by atoms with Crippen LogP contribution in [-0.4, -0.2) is 30.2 Å². The zero-order chi connectivity index (χ0) is 12.0. The molecular weight excluding hydrogens is 216 g/mol. The third-order valence-corrected chi connectivity index (χ3v) is 4.24. The highest BCUT2D eigenvalue weighted by Gasteiger charge is 2.62. The van der Waals surface area contributed by atoms with Gasteiger partial charge in [0, 0.05) is 18.8 Å². The summed E-state index contributed by atoms with van der Waals surface area (Å²) in [5, 5.41) is 0. The molecule has 2 heterocycles. The lowest BCUT2D eigenvalue weighted by Gasteiger charge is -2.26. The Morgan fingerprint density at radius 1 is 1.53 bits per heavy atom. The van der Waals surface area contributed by atoms with E-state index >= 15 is 0 Å². The highest BCUT2D eigenvalue weighted by atomic mass is 16.6. The Morgan fingerprint density at radius 2 is 2.29 bits per heavy atom. The van der Waals surface area contributed by atoms with Crippen molar-refractivity contribution in [2.75, 3.05) is 6.61 Å². The zero-order valence-electron chi connectivity index (χ0n) is 10.6. The van der Waals surface area contributed by atoms with Crippen LogP contribution in [0.2, 0.25) is 0 Å². The third-order valence-electron chi connectivity index (χ3n) is 4.24. The molecule has 17 heavy (non-hydrogen) atoms. The molecule has 4 unspecified atom stereocenters. The maximum absolute atomic E-state index is 11.6. The predicted octanol–water partition coefficient (Wildman–Crippen LogP) is 2.25. The van der Waals surface area contributed by atoms with E-state index in [0.717, 1.165) is 19.4 Å². The second-order valence-electron chi connectivity index (χ2n) is 5.86. The molecule has 0 N–H and O–H groups in total. The molecule has 3 nitrogen and oxygen atoms in total. The fraction of sp³-hybridized carbons (Fsp3) is 0.786. The normalized spacial score (nSPS) is 43.6. The van der Waals surface area contributed by atoms with Crippen LogP contribution in [0.15, 0.2) is 11.6 Å². The number of hydrogen-bond donors (Lipinski definition) is 0. The molecule has 1 spiro atoms. The van der Waals surface area contributed by atoms with Gasteiger partial charge in [-0.25, -0.2) is 0 Å². The van der Waals surface area contributed by atoms with Gasteiger partial charge >= 0.3 is 0 Å². The minimum Gasteiger partial charge on any atom is -0.369 e. The van der Waals surface area contributed by atoms with Crippen molar-refractivity contribution in [1.82, 2.24) is 0 Å². The Bertz CT molecular complexity index is 364. The highest BCUT2D eigenvalue weighted by Crippen LogP contribution is 2.52. The number of ketones is 1. The van der Waals surface area contributed by atoms with Crippen LogP contribution < -0.4 is 0 Å². The van der Waals surface area contributed by atoms with Crippen LogP contribution in [0.3, 0.4) is 0 Å². The van der Waals surface area contributed by atoms with E-state index in [1.807, 2.05) is 0 Å². The van der Waals surface area contributed by atoms with Crippen molar-refractivity contribution in [1.29, 1.82) is 0 Å². The van der Waals surface area contributed by atoms with Gasteiger partial charge in [-0.15, -0.1) is 0 Å². The first kappa shape index (κ1) is 11.4. The second-order valence-corrected chi connectivity index (χ2v) is 5.86. The molecule has 4 atom stereocenters. The number of ether oxygens (including phenoxy) is 2. The summed E-state index contributed by atoms with van der Waals surface area (Å²) in [6, 6.07) is 0. The van der Waals surface area contributed by atoms with E-state index in [1.165, 1.54) is 5.57 Å². The molecule has 2 saturated heterocycles. The number of epoxide rings is 2. The van der Waals surface area contributed by atoms with Gasteiger partial charge in [-0.1, -0.05) is 11.6 Å². The van der Waals surface area contributed by atoms with Crippen LogP contribution in [0.5, 0.6) is 0 Å². The van der Waals surface area contributed by atoms with Crippen molar-refractivity contribution in [3.05, 3.63) is 11.6 Å². The second kappa shape index (κ2) is 3.92. The molecule has 3 aliphatic rings. The van der Waals surface area contributed by atoms with E-state index in [0.29, 0.717) is 30.6 Å². The summed E-state index contributed by atoms with van der Waals surface area (Å²) in [6.07, 6.45) is 6.05.